The van der Waals surface area contributed by atoms with Gasteiger partial charge in [0.15, 0.2) is 0 Å². The molecule has 0 spiro atoms. The second kappa shape index (κ2) is 6.96. The number of nitrogens with one attached hydrogen (secondary N) is 1. The zero-order chi connectivity index (χ0) is 14.4. The minimum absolute atomic E-state index is 0.0142. The molecular weight excluding hydrogens is 252 g/mol. The van der Waals surface area contributed by atoms with E-state index in [0.29, 0.717) is 6.54 Å². The van der Waals surface area contributed by atoms with Gasteiger partial charge >= 0.3 is 0 Å². The zero-order valence-corrected chi connectivity index (χ0v) is 12.0. The Morgan fingerprint density at radius 2 is 2.20 bits per heavy atom. The van der Waals surface area contributed by atoms with Crippen molar-refractivity contribution in [2.24, 2.45) is 5.73 Å². The molecule has 0 aliphatic heterocycles. The molecule has 0 bridgehead atoms. The summed E-state index contributed by atoms with van der Waals surface area (Å²) in [5, 5.41) is 3.44. The number of ether oxygens (including phenoxy) is 1. The van der Waals surface area contributed by atoms with Gasteiger partial charge in [0.1, 0.15) is 5.75 Å². The molecule has 3 N–H and O–H groups in total. The molecule has 5 nitrogen and oxygen atoms in total. The fraction of sp³-hybridized carbons (Fsp3) is 0.400. The van der Waals surface area contributed by atoms with Crippen LogP contribution in [0.3, 0.4) is 0 Å². The first-order valence-electron chi connectivity index (χ1n) is 6.89. The van der Waals surface area contributed by atoms with Crippen LogP contribution in [0.25, 0.3) is 0 Å². The lowest BCUT2D eigenvalue weighted by atomic mass is 10.2. The van der Waals surface area contributed by atoms with Crippen LogP contribution in [0.5, 0.6) is 5.75 Å². The number of rotatable bonds is 7. The van der Waals surface area contributed by atoms with Gasteiger partial charge in [-0.2, -0.15) is 0 Å². The lowest BCUT2D eigenvalue weighted by Gasteiger charge is -2.21. The van der Waals surface area contributed by atoms with Crippen LogP contribution in [-0.2, 0) is 6.54 Å². The highest BCUT2D eigenvalue weighted by atomic mass is 16.5. The van der Waals surface area contributed by atoms with E-state index in [4.69, 9.17) is 10.5 Å². The fourth-order valence-corrected chi connectivity index (χ4v) is 2.25. The van der Waals surface area contributed by atoms with Crippen molar-refractivity contribution < 1.29 is 4.74 Å². The predicted molar refractivity (Wildman–Crippen MR) is 80.9 cm³/mol. The summed E-state index contributed by atoms with van der Waals surface area (Å²) in [6, 6.07) is 7.85. The number of para-hydroxylation sites is 2. The Morgan fingerprint density at radius 1 is 1.40 bits per heavy atom. The fourth-order valence-electron chi connectivity index (χ4n) is 2.25. The molecule has 1 aromatic heterocycles. The van der Waals surface area contributed by atoms with E-state index in [-0.39, 0.29) is 6.04 Å². The summed E-state index contributed by atoms with van der Waals surface area (Å²) in [6.45, 7) is 3.59. The lowest BCUT2D eigenvalue weighted by molar-refractivity contribution is 0.416. The topological polar surface area (TPSA) is 65.1 Å². The zero-order valence-electron chi connectivity index (χ0n) is 12.0. The van der Waals surface area contributed by atoms with Gasteiger partial charge in [-0.15, -0.1) is 0 Å². The number of aryl methyl sites for hydroxylation is 1. The van der Waals surface area contributed by atoms with Gasteiger partial charge in [-0.1, -0.05) is 19.1 Å². The molecule has 0 aliphatic rings. The molecule has 1 aromatic carbocycles. The monoisotopic (exact) mass is 274 g/mol. The molecule has 1 heterocycles. The van der Waals surface area contributed by atoms with E-state index >= 15 is 0 Å². The van der Waals surface area contributed by atoms with Crippen LogP contribution in [0, 0.1) is 0 Å². The maximum Gasteiger partial charge on any atom is 0.141 e. The molecule has 0 amide bonds. The van der Waals surface area contributed by atoms with Gasteiger partial charge in [0.05, 0.1) is 37.1 Å². The van der Waals surface area contributed by atoms with E-state index in [1.54, 1.807) is 7.11 Å². The molecule has 0 saturated carbocycles. The van der Waals surface area contributed by atoms with Crippen LogP contribution in [0.1, 0.15) is 25.1 Å². The number of nitrogens with zero attached hydrogens (tertiary/aromatic N) is 2. The average Bonchev–Trinajstić information content (AvgIpc) is 2.93. The number of hydrogen-bond acceptors (Lipinski definition) is 4. The minimum atomic E-state index is 0.0142. The predicted octanol–water partition coefficient (Wildman–Crippen LogP) is 2.41. The van der Waals surface area contributed by atoms with Crippen LogP contribution in [0.4, 0.5) is 5.69 Å². The number of methoxy groups -OCH3 is 1. The molecule has 5 heteroatoms. The van der Waals surface area contributed by atoms with Gasteiger partial charge in [-0.3, -0.25) is 0 Å². The number of nitrogens with two attached hydrogens (primary N) is 1. The summed E-state index contributed by atoms with van der Waals surface area (Å²) in [5.41, 5.74) is 7.96. The van der Waals surface area contributed by atoms with Gasteiger partial charge in [-0.25, -0.2) is 4.98 Å². The highest BCUT2D eigenvalue weighted by molar-refractivity contribution is 5.57. The Morgan fingerprint density at radius 3 is 2.90 bits per heavy atom. The van der Waals surface area contributed by atoms with E-state index in [2.05, 4.69) is 21.8 Å². The van der Waals surface area contributed by atoms with E-state index in [0.717, 1.165) is 30.1 Å². The summed E-state index contributed by atoms with van der Waals surface area (Å²) < 4.78 is 7.50. The second-order valence-electron chi connectivity index (χ2n) is 4.64. The van der Waals surface area contributed by atoms with E-state index in [1.165, 1.54) is 0 Å². The molecule has 2 rings (SSSR count). The van der Waals surface area contributed by atoms with Crippen molar-refractivity contribution >= 4 is 5.69 Å². The number of aromatic nitrogens is 2. The van der Waals surface area contributed by atoms with Crippen molar-refractivity contribution in [2.75, 3.05) is 19.0 Å². The molecule has 0 radical (unpaired) electrons. The van der Waals surface area contributed by atoms with Crippen LogP contribution in [0.2, 0.25) is 0 Å². The highest BCUT2D eigenvalue weighted by Gasteiger charge is 2.15. The van der Waals surface area contributed by atoms with Gasteiger partial charge in [0, 0.05) is 13.1 Å². The van der Waals surface area contributed by atoms with Gasteiger partial charge in [-0.05, 0) is 18.6 Å². The lowest BCUT2D eigenvalue weighted by Crippen LogP contribution is -2.23. The summed E-state index contributed by atoms with van der Waals surface area (Å²) in [6.07, 6.45) is 4.79. The largest absolute Gasteiger partial charge is 0.495 e. The van der Waals surface area contributed by atoms with E-state index in [9.17, 15) is 0 Å². The molecule has 0 saturated heterocycles. The van der Waals surface area contributed by atoms with Crippen LogP contribution in [-0.4, -0.2) is 23.2 Å². The molecule has 0 aliphatic carbocycles. The molecule has 2 aromatic rings. The van der Waals surface area contributed by atoms with E-state index in [1.807, 2.05) is 36.8 Å². The third-order valence-corrected chi connectivity index (χ3v) is 3.24. The van der Waals surface area contributed by atoms with Crippen LogP contribution < -0.4 is 15.8 Å². The maximum absolute atomic E-state index is 5.92. The maximum atomic E-state index is 5.92. The van der Waals surface area contributed by atoms with Crippen molar-refractivity contribution in [1.29, 1.82) is 0 Å². The summed E-state index contributed by atoms with van der Waals surface area (Å²) in [7, 11) is 1.67. The summed E-state index contributed by atoms with van der Waals surface area (Å²) in [5.74, 6) is 0.813. The summed E-state index contributed by atoms with van der Waals surface area (Å²) >= 11 is 0. The third-order valence-electron chi connectivity index (χ3n) is 3.24. The van der Waals surface area contributed by atoms with E-state index < -0.39 is 0 Å². The van der Waals surface area contributed by atoms with Crippen molar-refractivity contribution in [2.45, 2.75) is 25.9 Å². The Labute approximate surface area is 119 Å². The summed E-state index contributed by atoms with van der Waals surface area (Å²) in [4.78, 5) is 4.23. The molecular formula is C15H22N4O. The normalized spacial score (nSPS) is 12.2. The number of imidazole rings is 1. The smallest absolute Gasteiger partial charge is 0.141 e. The highest BCUT2D eigenvalue weighted by Crippen LogP contribution is 2.27. The molecule has 1 unspecified atom stereocenters. The quantitative estimate of drug-likeness (QED) is 0.813. The Hall–Kier alpha value is -2.01. The van der Waals surface area contributed by atoms with Gasteiger partial charge < -0.3 is 20.4 Å². The SMILES string of the molecule is CCCn1cncc1C(CN)Nc1ccccc1OC. The average molecular weight is 274 g/mol. The van der Waals surface area contributed by atoms with Gasteiger partial charge in [0.2, 0.25) is 0 Å². The Kier molecular flexibility index (Phi) is 5.01. The molecule has 20 heavy (non-hydrogen) atoms. The van der Waals surface area contributed by atoms with Crippen LogP contribution >= 0.6 is 0 Å². The van der Waals surface area contributed by atoms with Gasteiger partial charge in [0.25, 0.3) is 0 Å². The molecule has 108 valence electrons. The first kappa shape index (κ1) is 14.4. The first-order chi connectivity index (χ1) is 9.80. The third kappa shape index (κ3) is 3.11. The van der Waals surface area contributed by atoms with Crippen LogP contribution in [0.15, 0.2) is 36.8 Å². The standard InChI is InChI=1S/C15H22N4O/c1-3-8-19-11-17-10-14(19)13(9-16)18-12-6-4-5-7-15(12)20-2/h4-7,10-11,13,18H,3,8-9,16H2,1-2H3. The Balaban J connectivity index is 2.22. The minimum Gasteiger partial charge on any atom is -0.495 e. The first-order valence-corrected chi connectivity index (χ1v) is 6.89. The van der Waals surface area contributed by atoms with Crippen molar-refractivity contribution in [1.82, 2.24) is 9.55 Å². The van der Waals surface area contributed by atoms with Crippen molar-refractivity contribution in [3.63, 3.8) is 0 Å². The van der Waals surface area contributed by atoms with Crippen molar-refractivity contribution in [3.05, 3.63) is 42.5 Å². The number of benzene rings is 1. The number of anilines is 1. The molecule has 1 atom stereocenters. The van der Waals surface area contributed by atoms with Crippen molar-refractivity contribution in [3.8, 4) is 5.75 Å². The Bertz CT molecular complexity index is 538. The molecule has 0 fully saturated rings. The second-order valence-corrected chi connectivity index (χ2v) is 4.64. The number of hydrogen-bond donors (Lipinski definition) is 2.